The Balaban J connectivity index is 1.46. The van der Waals surface area contributed by atoms with Crippen LogP contribution in [0.15, 0.2) is 81.6 Å². The van der Waals surface area contributed by atoms with Gasteiger partial charge in [-0.15, -0.1) is 11.8 Å². The molecule has 130 valence electrons. The predicted octanol–water partition coefficient (Wildman–Crippen LogP) is 4.94. The summed E-state index contributed by atoms with van der Waals surface area (Å²) in [6.07, 6.45) is 5.80. The van der Waals surface area contributed by atoms with Crippen LogP contribution in [0.4, 0.5) is 0 Å². The van der Waals surface area contributed by atoms with Gasteiger partial charge < -0.3 is 4.52 Å². The van der Waals surface area contributed by atoms with Gasteiger partial charge in [-0.25, -0.2) is 4.98 Å². The van der Waals surface area contributed by atoms with Gasteiger partial charge in [0.25, 0.3) is 0 Å². The summed E-state index contributed by atoms with van der Waals surface area (Å²) in [5.41, 5.74) is 2.03. The number of imidazole rings is 1. The number of rotatable bonds is 6. The molecule has 0 saturated heterocycles. The summed E-state index contributed by atoms with van der Waals surface area (Å²) in [5.74, 6) is 1.76. The van der Waals surface area contributed by atoms with Gasteiger partial charge in [0, 0.05) is 28.5 Å². The van der Waals surface area contributed by atoms with E-state index in [9.17, 15) is 0 Å². The maximum absolute atomic E-state index is 5.40. The summed E-state index contributed by atoms with van der Waals surface area (Å²) in [7, 11) is 0. The molecule has 2 aromatic carbocycles. The van der Waals surface area contributed by atoms with Gasteiger partial charge in [0.2, 0.25) is 11.7 Å². The van der Waals surface area contributed by atoms with Crippen molar-refractivity contribution >= 4 is 23.5 Å². The zero-order chi connectivity index (χ0) is 17.8. The van der Waals surface area contributed by atoms with Crippen molar-refractivity contribution in [3.05, 3.63) is 72.9 Å². The van der Waals surface area contributed by atoms with Crippen molar-refractivity contribution in [1.82, 2.24) is 19.7 Å². The monoisotopic (exact) mass is 380 g/mol. The standard InChI is InChI=1S/C19H16N4OS2/c1-25-16-9-7-14(8-10-16)18-21-17(24-22-18)13-26-19-20-11-12-23(19)15-5-3-2-4-6-15/h2-12H,13H2,1H3. The number of nitrogens with zero attached hydrogens (tertiary/aromatic N) is 4. The van der Waals surface area contributed by atoms with Gasteiger partial charge in [0.1, 0.15) is 0 Å². The van der Waals surface area contributed by atoms with E-state index in [-0.39, 0.29) is 0 Å². The van der Waals surface area contributed by atoms with Crippen LogP contribution in [0, 0.1) is 0 Å². The fourth-order valence-electron chi connectivity index (χ4n) is 2.48. The first-order valence-electron chi connectivity index (χ1n) is 8.02. The van der Waals surface area contributed by atoms with E-state index in [1.165, 1.54) is 4.90 Å². The Morgan fingerprint density at radius 3 is 2.62 bits per heavy atom. The molecular weight excluding hydrogens is 364 g/mol. The first-order chi connectivity index (χ1) is 12.8. The van der Waals surface area contributed by atoms with Crippen molar-refractivity contribution in [2.45, 2.75) is 15.8 Å². The van der Waals surface area contributed by atoms with Gasteiger partial charge in [0.15, 0.2) is 5.16 Å². The highest BCUT2D eigenvalue weighted by atomic mass is 32.2. The predicted molar refractivity (Wildman–Crippen MR) is 105 cm³/mol. The van der Waals surface area contributed by atoms with Crippen LogP contribution in [0.25, 0.3) is 17.1 Å². The molecule has 0 bridgehead atoms. The van der Waals surface area contributed by atoms with Crippen molar-refractivity contribution < 1.29 is 4.52 Å². The molecule has 0 unspecified atom stereocenters. The van der Waals surface area contributed by atoms with E-state index in [0.29, 0.717) is 17.5 Å². The molecule has 0 atom stereocenters. The Hall–Kier alpha value is -2.51. The second-order valence-electron chi connectivity index (χ2n) is 5.44. The molecule has 0 N–H and O–H groups in total. The van der Waals surface area contributed by atoms with Crippen molar-refractivity contribution in [2.24, 2.45) is 0 Å². The SMILES string of the molecule is CSc1ccc(-c2noc(CSc3nccn3-c3ccccc3)n2)cc1. The van der Waals surface area contributed by atoms with Crippen LogP contribution in [-0.4, -0.2) is 25.9 Å². The van der Waals surface area contributed by atoms with Gasteiger partial charge >= 0.3 is 0 Å². The Bertz CT molecular complexity index is 980. The Labute approximate surface area is 159 Å². The Morgan fingerprint density at radius 2 is 1.85 bits per heavy atom. The summed E-state index contributed by atoms with van der Waals surface area (Å²) in [5, 5.41) is 4.98. The smallest absolute Gasteiger partial charge is 0.237 e. The number of hydrogen-bond donors (Lipinski definition) is 0. The van der Waals surface area contributed by atoms with E-state index in [1.54, 1.807) is 29.7 Å². The van der Waals surface area contributed by atoms with E-state index < -0.39 is 0 Å². The summed E-state index contributed by atoms with van der Waals surface area (Å²) >= 11 is 3.28. The minimum atomic E-state index is 0.569. The third kappa shape index (κ3) is 3.68. The third-order valence-corrected chi connectivity index (χ3v) is 5.48. The van der Waals surface area contributed by atoms with E-state index >= 15 is 0 Å². The van der Waals surface area contributed by atoms with Crippen LogP contribution in [-0.2, 0) is 5.75 Å². The number of benzene rings is 2. The molecule has 4 aromatic rings. The summed E-state index contributed by atoms with van der Waals surface area (Å²) in [6, 6.07) is 18.3. The van der Waals surface area contributed by atoms with E-state index in [2.05, 4.69) is 45.6 Å². The molecule has 0 aliphatic heterocycles. The van der Waals surface area contributed by atoms with E-state index in [4.69, 9.17) is 4.52 Å². The molecule has 2 aromatic heterocycles. The lowest BCUT2D eigenvalue weighted by Crippen LogP contribution is -1.94. The summed E-state index contributed by atoms with van der Waals surface area (Å²) < 4.78 is 7.44. The zero-order valence-electron chi connectivity index (χ0n) is 14.1. The number of hydrogen-bond acceptors (Lipinski definition) is 6. The summed E-state index contributed by atoms with van der Waals surface area (Å²) in [6.45, 7) is 0. The molecule has 0 amide bonds. The largest absolute Gasteiger partial charge is 0.338 e. The minimum Gasteiger partial charge on any atom is -0.338 e. The molecular formula is C19H16N4OS2. The molecule has 5 nitrogen and oxygen atoms in total. The van der Waals surface area contributed by atoms with Crippen LogP contribution < -0.4 is 0 Å². The fraction of sp³-hybridized carbons (Fsp3) is 0.105. The molecule has 0 fully saturated rings. The van der Waals surface area contributed by atoms with Crippen LogP contribution in [0.5, 0.6) is 0 Å². The highest BCUT2D eigenvalue weighted by Crippen LogP contribution is 2.25. The molecule has 26 heavy (non-hydrogen) atoms. The second-order valence-corrected chi connectivity index (χ2v) is 7.27. The normalized spacial score (nSPS) is 11.0. The lowest BCUT2D eigenvalue weighted by atomic mass is 10.2. The van der Waals surface area contributed by atoms with E-state index in [0.717, 1.165) is 16.4 Å². The lowest BCUT2D eigenvalue weighted by molar-refractivity contribution is 0.391. The average molecular weight is 380 g/mol. The molecule has 7 heteroatoms. The van der Waals surface area contributed by atoms with Crippen LogP contribution in [0.3, 0.4) is 0 Å². The van der Waals surface area contributed by atoms with Crippen molar-refractivity contribution in [2.75, 3.05) is 6.26 Å². The third-order valence-electron chi connectivity index (χ3n) is 3.78. The zero-order valence-corrected chi connectivity index (χ0v) is 15.7. The number of para-hydroxylation sites is 1. The average Bonchev–Trinajstić information content (AvgIpc) is 3.36. The molecule has 4 rings (SSSR count). The molecule has 0 aliphatic carbocycles. The van der Waals surface area contributed by atoms with Crippen LogP contribution >= 0.6 is 23.5 Å². The van der Waals surface area contributed by atoms with Gasteiger partial charge in [-0.2, -0.15) is 4.98 Å². The van der Waals surface area contributed by atoms with Gasteiger partial charge in [-0.05, 0) is 42.7 Å². The first kappa shape index (κ1) is 16.9. The summed E-state index contributed by atoms with van der Waals surface area (Å²) in [4.78, 5) is 10.1. The molecule has 0 spiro atoms. The molecule has 2 heterocycles. The highest BCUT2D eigenvalue weighted by Gasteiger charge is 2.11. The van der Waals surface area contributed by atoms with Crippen molar-refractivity contribution in [3.63, 3.8) is 0 Å². The molecule has 0 radical (unpaired) electrons. The second kappa shape index (κ2) is 7.80. The number of thioether (sulfide) groups is 2. The van der Waals surface area contributed by atoms with Crippen molar-refractivity contribution in [3.8, 4) is 17.1 Å². The maximum Gasteiger partial charge on any atom is 0.237 e. The Kier molecular flexibility index (Phi) is 5.08. The fourth-order valence-corrected chi connectivity index (χ4v) is 3.70. The van der Waals surface area contributed by atoms with Gasteiger partial charge in [-0.1, -0.05) is 35.1 Å². The molecule has 0 saturated carbocycles. The van der Waals surface area contributed by atoms with Crippen molar-refractivity contribution in [1.29, 1.82) is 0 Å². The quantitative estimate of drug-likeness (QED) is 0.442. The minimum absolute atomic E-state index is 0.569. The maximum atomic E-state index is 5.40. The van der Waals surface area contributed by atoms with Gasteiger partial charge in [0.05, 0.1) is 5.75 Å². The van der Waals surface area contributed by atoms with E-state index in [1.807, 2.05) is 41.1 Å². The van der Waals surface area contributed by atoms with Gasteiger partial charge in [-0.3, -0.25) is 4.57 Å². The first-order valence-corrected chi connectivity index (χ1v) is 10.2. The lowest BCUT2D eigenvalue weighted by Gasteiger charge is -2.05. The van der Waals surface area contributed by atoms with Crippen LogP contribution in [0.1, 0.15) is 5.89 Å². The number of aromatic nitrogens is 4. The topological polar surface area (TPSA) is 56.7 Å². The Morgan fingerprint density at radius 1 is 1.04 bits per heavy atom. The van der Waals surface area contributed by atoms with Crippen LogP contribution in [0.2, 0.25) is 0 Å². The molecule has 0 aliphatic rings. The highest BCUT2D eigenvalue weighted by molar-refractivity contribution is 7.98.